The second kappa shape index (κ2) is 16.7. The number of hydrogen-bond acceptors (Lipinski definition) is 5. The van der Waals surface area contributed by atoms with E-state index in [2.05, 4.69) is 4.74 Å². The molecule has 6 rings (SSSR count). The summed E-state index contributed by atoms with van der Waals surface area (Å²) in [6.07, 6.45) is -15.5. The summed E-state index contributed by atoms with van der Waals surface area (Å²) in [5, 5.41) is -3.30. The second-order valence-corrected chi connectivity index (χ2v) is 10.9. The third kappa shape index (κ3) is 9.00. The molecule has 0 N–H and O–H groups in total. The first kappa shape index (κ1) is 14.6. The summed E-state index contributed by atoms with van der Waals surface area (Å²) in [5.41, 5.74) is -16.3. The molecule has 1 aliphatic heterocycles. The van der Waals surface area contributed by atoms with Crippen molar-refractivity contribution in [1.82, 2.24) is 14.4 Å². The smallest absolute Gasteiger partial charge is 0.383 e. The van der Waals surface area contributed by atoms with Crippen molar-refractivity contribution in [2.24, 2.45) is 0 Å². The molecule has 0 unspecified atom stereocenters. The molecule has 5 aromatic rings. The molecule has 0 atom stereocenters. The highest BCUT2D eigenvalue weighted by molar-refractivity contribution is 7.98. The summed E-state index contributed by atoms with van der Waals surface area (Å²) in [7, 11) is -3.61. The van der Waals surface area contributed by atoms with Crippen LogP contribution in [0.1, 0.15) is 80.2 Å². The molecule has 6 nitrogen and oxygen atoms in total. The molecule has 1 fully saturated rings. The SMILES string of the molecule is [2H]c1c([2H])c(F)c(F)c(C([2H])([2H])Sc2c([2H])c(=O)c3c([2H])c([2H])c([2H])c([2H])c3n2C([2H])([2H])C(=O)N(Cc2c([2H])c([2H])c(-c3c([2H])c([2H])c(C(F)(F)F)c([2H])c3[2H])c([2H])c2C)C2([2H])C([2H])([2H])C([2H])([2H])N(C([2H])([2H])COC([2H])([2H])[2H])C([2H])([2H])C2([2H])[2H])c1[2H]. The van der Waals surface area contributed by atoms with Crippen molar-refractivity contribution >= 4 is 28.6 Å². The first-order chi connectivity index (χ1) is 38.5. The van der Waals surface area contributed by atoms with Gasteiger partial charge in [-0.1, -0.05) is 54.4 Å². The summed E-state index contributed by atoms with van der Waals surface area (Å²) in [6, 6.07) is -28.7. The molecule has 278 valence electrons. The minimum absolute atomic E-state index is 0.506. The highest BCUT2D eigenvalue weighted by Crippen LogP contribution is 2.32. The number of amides is 1. The lowest BCUT2D eigenvalue weighted by Gasteiger charge is -2.39. The zero-order valence-electron chi connectivity index (χ0n) is 59.3. The lowest BCUT2D eigenvalue weighted by molar-refractivity contribution is -0.137. The van der Waals surface area contributed by atoms with Crippen LogP contribution in [0.25, 0.3) is 22.0 Å². The normalized spacial score (nSPS) is 28.6. The van der Waals surface area contributed by atoms with E-state index in [0.29, 0.717) is 6.92 Å². The van der Waals surface area contributed by atoms with Crippen LogP contribution in [-0.4, -0.2) is 59.4 Å². The van der Waals surface area contributed by atoms with Gasteiger partial charge in [0.2, 0.25) is 5.91 Å². The van der Waals surface area contributed by atoms with E-state index in [9.17, 15) is 27.6 Å². The number of aromatic nitrogens is 1. The fourth-order valence-corrected chi connectivity index (χ4v) is 4.92. The number of pyridine rings is 1. The number of piperidine rings is 1. The number of ether oxygens (including phenoxy) is 1. The van der Waals surface area contributed by atoms with Gasteiger partial charge in [0.25, 0.3) is 0 Å². The monoisotopic (exact) mass is 782 g/mol. The van der Waals surface area contributed by atoms with Crippen molar-refractivity contribution in [1.29, 1.82) is 0 Å². The molecule has 12 heteroatoms. The van der Waals surface area contributed by atoms with E-state index < -0.39 is 266 Å². The Kier molecular flexibility index (Phi) is 4.59. The Balaban J connectivity index is 1.83. The Morgan fingerprint density at radius 2 is 1.75 bits per heavy atom. The number of hydrogen-bond donors (Lipinski definition) is 0. The fraction of sp³-hybridized carbons (Fsp3) is 0.317. The van der Waals surface area contributed by atoms with Gasteiger partial charge in [0.05, 0.1) is 51.5 Å². The zero-order chi connectivity index (χ0) is 66.7. The average Bonchev–Trinajstić information content (AvgIpc) is 0.672. The van der Waals surface area contributed by atoms with Gasteiger partial charge in [-0.2, -0.15) is 13.2 Å². The molecule has 1 amide bonds. The van der Waals surface area contributed by atoms with E-state index in [0.717, 1.165) is 0 Å². The van der Waals surface area contributed by atoms with Crippen molar-refractivity contribution in [2.45, 2.75) is 55.6 Å². The van der Waals surface area contributed by atoms with Gasteiger partial charge in [0.1, 0.15) is 6.50 Å². The first-order valence-electron chi connectivity index (χ1n) is 30.8. The van der Waals surface area contributed by atoms with Gasteiger partial charge in [-0.05, 0) is 72.1 Å². The maximum atomic E-state index is 16.0. The molecule has 1 aliphatic rings. The van der Waals surface area contributed by atoms with E-state index in [1.54, 1.807) is 0 Å². The molecule has 1 aromatic heterocycles. The van der Waals surface area contributed by atoms with Crippen LogP contribution in [-0.2, 0) is 34.5 Å². The Morgan fingerprint density at radius 3 is 2.49 bits per heavy atom. The molecule has 0 spiro atoms. The standard InChI is InChI=1S/C41H40F5N3O3S/c1-27-22-29(28-12-14-32(15-13-28)41(44,45)46)10-11-30(27)24-48(33-16-18-47(19-17-33)20-21-52-2)38(51)25-49-36-9-4-3-7-34(36)37(50)23-39(49)53-26-31-6-5-8-35(42)40(31)43/h3-15,22-23,33H,16-21,24-26H2,1-2H3/i2D3,3D,4D,5D,6D,7D,8D,9D,10D,11D,12D,13D,14D,15D,16D2,17D2,18D2,19D2,20D2,22D,23D,25D2,26D2,33D. The zero-order valence-corrected chi connectivity index (χ0v) is 27.1. The van der Waals surface area contributed by atoms with Crippen LogP contribution in [0.4, 0.5) is 22.0 Å². The molecule has 0 saturated carbocycles. The number of nitrogens with zero attached hydrogens (tertiary/aromatic N) is 3. The number of halogens is 5. The van der Waals surface area contributed by atoms with Crippen molar-refractivity contribution in [3.8, 4) is 11.1 Å². The Morgan fingerprint density at radius 1 is 1.02 bits per heavy atom. The van der Waals surface area contributed by atoms with Crippen LogP contribution >= 0.6 is 11.8 Å². The van der Waals surface area contributed by atoms with Gasteiger partial charge in [0, 0.05) is 78.2 Å². The number of methoxy groups -OCH3 is 1. The van der Waals surface area contributed by atoms with E-state index in [4.69, 9.17) is 35.6 Å². The van der Waals surface area contributed by atoms with Gasteiger partial charge in [-0.3, -0.25) is 9.59 Å². The molecule has 0 bridgehead atoms. The lowest BCUT2D eigenvalue weighted by Crippen LogP contribution is -2.48. The summed E-state index contributed by atoms with van der Waals surface area (Å²) in [5.74, 6) is -7.61. The first-order valence-corrected chi connectivity index (χ1v) is 15.1. The van der Waals surface area contributed by atoms with Crippen molar-refractivity contribution < 1.29 is 76.7 Å². The number of alkyl halides is 3. The highest BCUT2D eigenvalue weighted by atomic mass is 32.2. The van der Waals surface area contributed by atoms with Gasteiger partial charge < -0.3 is 19.1 Å². The number of carbonyl (C=O) groups excluding carboxylic acids is 1. The quantitative estimate of drug-likeness (QED) is 0.0937. The van der Waals surface area contributed by atoms with Crippen molar-refractivity contribution in [2.75, 3.05) is 33.1 Å². The Hall–Kier alpha value is -4.52. The number of para-hydroxylation sites is 1. The van der Waals surface area contributed by atoms with Gasteiger partial charge in [-0.15, -0.1) is 11.8 Å². The molecular weight excluding hydrogens is 710 g/mol. The van der Waals surface area contributed by atoms with E-state index in [1.165, 1.54) is 0 Å². The minimum atomic E-state index is -5.57. The van der Waals surface area contributed by atoms with Crippen LogP contribution in [0.2, 0.25) is 0 Å². The number of thioether (sulfide) groups is 1. The second-order valence-electron chi connectivity index (χ2n) is 10.1. The van der Waals surface area contributed by atoms with Crippen molar-refractivity contribution in [3.05, 3.63) is 135 Å². The number of likely N-dealkylation sites (tertiary alicyclic amines) is 1. The van der Waals surface area contributed by atoms with Gasteiger partial charge in [0.15, 0.2) is 17.1 Å². The average molecular weight is 783 g/mol. The third-order valence-electron chi connectivity index (χ3n) is 6.73. The predicted molar refractivity (Wildman–Crippen MR) is 198 cm³/mol. The van der Waals surface area contributed by atoms with E-state index >= 15 is 13.6 Å². The summed E-state index contributed by atoms with van der Waals surface area (Å²) >= 11 is -0.865. The van der Waals surface area contributed by atoms with Crippen LogP contribution in [0.5, 0.6) is 0 Å². The van der Waals surface area contributed by atoms with Gasteiger partial charge in [-0.25, -0.2) is 8.78 Å². The van der Waals surface area contributed by atoms with Crippen LogP contribution in [0.3, 0.4) is 0 Å². The Bertz CT molecular complexity index is 3670. The molecule has 1 saturated heterocycles. The number of fused-ring (bicyclic) bond motifs is 1. The fourth-order valence-electron chi connectivity index (χ4n) is 4.21. The molecule has 0 aliphatic carbocycles. The largest absolute Gasteiger partial charge is 0.416 e. The Labute approximate surface area is 355 Å². The lowest BCUT2D eigenvalue weighted by atomic mass is 9.97. The topological polar surface area (TPSA) is 54.8 Å². The van der Waals surface area contributed by atoms with Crippen LogP contribution < -0.4 is 5.43 Å². The predicted octanol–water partition coefficient (Wildman–Crippen LogP) is 8.71. The van der Waals surface area contributed by atoms with Crippen LogP contribution in [0, 0.1) is 18.6 Å². The molecule has 2 heterocycles. The summed E-state index contributed by atoms with van der Waals surface area (Å²) < 4.78 is 364. The number of carbonyl (C=O) groups is 1. The van der Waals surface area contributed by atoms with Gasteiger partial charge >= 0.3 is 6.18 Å². The maximum absolute atomic E-state index is 16.0. The maximum Gasteiger partial charge on any atom is 0.416 e. The number of benzene rings is 4. The molecule has 4 aromatic carbocycles. The van der Waals surface area contributed by atoms with E-state index in [1.807, 2.05) is 0 Å². The minimum Gasteiger partial charge on any atom is -0.383 e. The number of rotatable bonds is 12. The summed E-state index contributed by atoms with van der Waals surface area (Å²) in [6.45, 7) is -21.9. The molecule has 0 radical (unpaired) electrons. The van der Waals surface area contributed by atoms with Crippen LogP contribution in [0.15, 0.2) is 100 Å². The third-order valence-corrected chi connectivity index (χ3v) is 7.52. The van der Waals surface area contributed by atoms with Crippen molar-refractivity contribution in [3.63, 3.8) is 0 Å². The summed E-state index contributed by atoms with van der Waals surface area (Å²) in [4.78, 5) is 28.5. The highest BCUT2D eigenvalue weighted by Gasteiger charge is 2.31. The van der Waals surface area contributed by atoms with E-state index in [-0.39, 0.29) is 0 Å². The molecular formula is C41H40F5N3O3S. The molecule has 53 heavy (non-hydrogen) atoms.